The van der Waals surface area contributed by atoms with E-state index in [2.05, 4.69) is 22.7 Å². The molecule has 2 aromatic carbocycles. The first-order chi connectivity index (χ1) is 13.5. The normalized spacial score (nSPS) is 11.3. The fourth-order valence-corrected chi connectivity index (χ4v) is 2.66. The van der Waals surface area contributed by atoms with Crippen LogP contribution < -0.4 is 4.74 Å². The number of hydrogen-bond donors (Lipinski definition) is 1. The van der Waals surface area contributed by atoms with E-state index < -0.39 is 0 Å². The van der Waals surface area contributed by atoms with Crippen LogP contribution in [0.2, 0.25) is 0 Å². The molecular weight excluding hydrogens is 354 g/mol. The third-order valence-corrected chi connectivity index (χ3v) is 4.47. The lowest BCUT2D eigenvalue weighted by atomic mass is 10.1. The van der Waals surface area contributed by atoms with Crippen molar-refractivity contribution in [1.82, 2.24) is 4.98 Å². The van der Waals surface area contributed by atoms with E-state index in [9.17, 15) is 9.90 Å². The van der Waals surface area contributed by atoms with Crippen molar-refractivity contribution in [3.8, 4) is 17.4 Å². The second-order valence-electron chi connectivity index (χ2n) is 6.46. The molecule has 5 heteroatoms. The van der Waals surface area contributed by atoms with Crippen molar-refractivity contribution < 1.29 is 19.4 Å². The third-order valence-electron chi connectivity index (χ3n) is 4.47. The molecule has 0 saturated heterocycles. The molecule has 3 aromatic rings. The summed E-state index contributed by atoms with van der Waals surface area (Å²) in [4.78, 5) is 13.8. The molecule has 1 heterocycles. The van der Waals surface area contributed by atoms with Gasteiger partial charge in [-0.1, -0.05) is 50.2 Å². The van der Waals surface area contributed by atoms with E-state index in [1.165, 1.54) is 6.20 Å². The molecular formula is C23H27NO4. The Morgan fingerprint density at radius 3 is 2.43 bits per heavy atom. The summed E-state index contributed by atoms with van der Waals surface area (Å²) in [6, 6.07) is 13.7. The van der Waals surface area contributed by atoms with Crippen LogP contribution in [0.25, 0.3) is 10.8 Å². The van der Waals surface area contributed by atoms with Gasteiger partial charge in [0.05, 0.1) is 12.3 Å². The fourth-order valence-electron chi connectivity index (χ4n) is 2.66. The molecule has 5 nitrogen and oxygen atoms in total. The van der Waals surface area contributed by atoms with Crippen LogP contribution in [0.15, 0.2) is 48.7 Å². The molecule has 0 aliphatic carbocycles. The highest BCUT2D eigenvalue weighted by atomic mass is 16.5. The van der Waals surface area contributed by atoms with Crippen molar-refractivity contribution in [2.75, 3.05) is 0 Å². The van der Waals surface area contributed by atoms with Gasteiger partial charge in [-0.15, -0.1) is 0 Å². The molecule has 0 radical (unpaired) electrons. The first kappa shape index (κ1) is 21.2. The Hall–Kier alpha value is -3.08. The minimum absolute atomic E-state index is 0.0810. The second kappa shape index (κ2) is 10.3. The first-order valence-corrected chi connectivity index (χ1v) is 9.43. The molecule has 0 bridgehead atoms. The summed E-state index contributed by atoms with van der Waals surface area (Å²) in [5.41, 5.74) is 2.22. The lowest BCUT2D eigenvalue weighted by Gasteiger charge is -2.14. The minimum atomic E-state index is 0.0810. The number of aromatic nitrogens is 1. The number of pyridine rings is 1. The van der Waals surface area contributed by atoms with E-state index in [-0.39, 0.29) is 11.9 Å². The lowest BCUT2D eigenvalue weighted by molar-refractivity contribution is -0.132. The maximum absolute atomic E-state index is 9.90. The number of carbonyl (C=O) groups excluding carboxylic acids is 1. The molecule has 1 aromatic heterocycles. The van der Waals surface area contributed by atoms with Gasteiger partial charge >= 0.3 is 0 Å². The molecule has 3 rings (SSSR count). The minimum Gasteiger partial charge on any atom is -0.506 e. The number of fused-ring (bicyclic) bond motifs is 1. The molecule has 0 spiro atoms. The van der Waals surface area contributed by atoms with Gasteiger partial charge in [0.15, 0.2) is 0 Å². The smallest absolute Gasteiger partial charge is 0.293 e. The number of para-hydroxylation sites is 1. The maximum Gasteiger partial charge on any atom is 0.293 e. The van der Waals surface area contributed by atoms with Gasteiger partial charge < -0.3 is 14.6 Å². The largest absolute Gasteiger partial charge is 0.506 e. The summed E-state index contributed by atoms with van der Waals surface area (Å²) in [6.45, 7) is 8.43. The SMILES string of the molecule is CCC(C)OC=O.CCc1cccc(C)c1Oc1ncc(O)c2ccccc12. The molecule has 0 aliphatic rings. The predicted octanol–water partition coefficient (Wildman–Crippen LogP) is 5.56. The van der Waals surface area contributed by atoms with Gasteiger partial charge in [0.1, 0.15) is 11.5 Å². The van der Waals surface area contributed by atoms with Crippen LogP contribution in [-0.2, 0) is 16.0 Å². The van der Waals surface area contributed by atoms with Gasteiger partial charge in [-0.05, 0) is 43.9 Å². The molecule has 28 heavy (non-hydrogen) atoms. The van der Waals surface area contributed by atoms with Gasteiger partial charge in [0.25, 0.3) is 6.47 Å². The number of rotatable bonds is 6. The van der Waals surface area contributed by atoms with E-state index in [0.717, 1.165) is 40.5 Å². The van der Waals surface area contributed by atoms with Crippen molar-refractivity contribution in [2.45, 2.75) is 46.6 Å². The zero-order valence-corrected chi connectivity index (χ0v) is 16.8. The highest BCUT2D eigenvalue weighted by Crippen LogP contribution is 2.35. The standard InChI is InChI=1S/C18H17NO2.C5H10O2/c1-3-13-8-6-7-12(2)17(13)21-18-15-10-5-4-9-14(15)16(20)11-19-18;1-3-5(2)7-4-6/h4-11,20H,3H2,1-2H3;4-5H,3H2,1-2H3. The van der Waals surface area contributed by atoms with Gasteiger partial charge in [-0.2, -0.15) is 0 Å². The van der Waals surface area contributed by atoms with Gasteiger partial charge in [0.2, 0.25) is 5.88 Å². The van der Waals surface area contributed by atoms with Gasteiger partial charge in [-0.3, -0.25) is 4.79 Å². The molecule has 1 N–H and O–H groups in total. The summed E-state index contributed by atoms with van der Waals surface area (Å²) < 4.78 is 10.6. The Morgan fingerprint density at radius 2 is 1.82 bits per heavy atom. The number of aromatic hydroxyl groups is 1. The van der Waals surface area contributed by atoms with E-state index in [4.69, 9.17) is 4.74 Å². The molecule has 0 amide bonds. The number of ether oxygens (including phenoxy) is 2. The van der Waals surface area contributed by atoms with Crippen LogP contribution in [0.1, 0.15) is 38.3 Å². The van der Waals surface area contributed by atoms with Crippen molar-refractivity contribution in [3.63, 3.8) is 0 Å². The molecule has 0 saturated carbocycles. The van der Waals surface area contributed by atoms with Crippen LogP contribution in [0.3, 0.4) is 0 Å². The Morgan fingerprint density at radius 1 is 1.11 bits per heavy atom. The summed E-state index contributed by atoms with van der Waals surface area (Å²) in [5.74, 6) is 1.54. The second-order valence-corrected chi connectivity index (χ2v) is 6.46. The van der Waals surface area contributed by atoms with Crippen LogP contribution in [0, 0.1) is 6.92 Å². The quantitative estimate of drug-likeness (QED) is 0.566. The Bertz CT molecular complexity index is 924. The summed E-state index contributed by atoms with van der Waals surface area (Å²) in [6.07, 6.45) is 3.30. The van der Waals surface area contributed by atoms with Gasteiger partial charge in [0, 0.05) is 10.8 Å². The molecule has 0 fully saturated rings. The number of nitrogens with zero attached hydrogens (tertiary/aromatic N) is 1. The van der Waals surface area contributed by atoms with E-state index in [0.29, 0.717) is 12.4 Å². The van der Waals surface area contributed by atoms with Gasteiger partial charge in [-0.25, -0.2) is 4.98 Å². The molecule has 148 valence electrons. The molecule has 1 unspecified atom stereocenters. The maximum atomic E-state index is 9.90. The summed E-state index contributed by atoms with van der Waals surface area (Å²) >= 11 is 0. The average molecular weight is 381 g/mol. The third kappa shape index (κ3) is 5.22. The zero-order valence-electron chi connectivity index (χ0n) is 16.8. The summed E-state index contributed by atoms with van der Waals surface area (Å²) in [5, 5.41) is 11.5. The number of carbonyl (C=O) groups is 1. The van der Waals surface area contributed by atoms with Crippen molar-refractivity contribution in [2.24, 2.45) is 0 Å². The van der Waals surface area contributed by atoms with Crippen LogP contribution in [0.5, 0.6) is 17.4 Å². The van der Waals surface area contributed by atoms with E-state index >= 15 is 0 Å². The van der Waals surface area contributed by atoms with Crippen molar-refractivity contribution in [3.05, 3.63) is 59.8 Å². The van der Waals surface area contributed by atoms with Crippen LogP contribution in [-0.4, -0.2) is 22.7 Å². The van der Waals surface area contributed by atoms with Crippen molar-refractivity contribution in [1.29, 1.82) is 0 Å². The Labute approximate surface area is 165 Å². The van der Waals surface area contributed by atoms with Crippen LogP contribution >= 0.6 is 0 Å². The predicted molar refractivity (Wildman–Crippen MR) is 111 cm³/mol. The zero-order chi connectivity index (χ0) is 20.5. The topological polar surface area (TPSA) is 68.7 Å². The fraction of sp³-hybridized carbons (Fsp3) is 0.304. The Balaban J connectivity index is 0.000000345. The first-order valence-electron chi connectivity index (χ1n) is 9.43. The average Bonchev–Trinajstić information content (AvgIpc) is 2.72. The Kier molecular flexibility index (Phi) is 7.81. The highest BCUT2D eigenvalue weighted by Gasteiger charge is 2.12. The monoisotopic (exact) mass is 381 g/mol. The number of hydrogen-bond acceptors (Lipinski definition) is 5. The highest BCUT2D eigenvalue weighted by molar-refractivity contribution is 5.91. The van der Waals surface area contributed by atoms with E-state index in [1.54, 1.807) is 0 Å². The summed E-state index contributed by atoms with van der Waals surface area (Å²) in [7, 11) is 0. The molecule has 1 atom stereocenters. The lowest BCUT2D eigenvalue weighted by Crippen LogP contribution is -2.03. The van der Waals surface area contributed by atoms with E-state index in [1.807, 2.05) is 57.2 Å². The van der Waals surface area contributed by atoms with Crippen LogP contribution in [0.4, 0.5) is 0 Å². The molecule has 0 aliphatic heterocycles. The van der Waals surface area contributed by atoms with Crippen molar-refractivity contribution >= 4 is 17.2 Å². The number of aryl methyl sites for hydroxylation is 2. The number of benzene rings is 2.